The molecule has 1 unspecified atom stereocenters. The smallest absolute Gasteiger partial charge is 0.303 e. The fourth-order valence-corrected chi connectivity index (χ4v) is 3.02. The van der Waals surface area contributed by atoms with Crippen LogP contribution < -0.4 is 0 Å². The van der Waals surface area contributed by atoms with E-state index < -0.39 is 5.97 Å². The molecular weight excluding hydrogens is 268 g/mol. The number of nitrogens with one attached hydrogen (secondary N) is 1. The first-order chi connectivity index (χ1) is 10.1. The third-order valence-electron chi connectivity index (χ3n) is 4.16. The second kappa shape index (κ2) is 5.60. The molecule has 1 aliphatic rings. The zero-order chi connectivity index (χ0) is 14.8. The third-order valence-corrected chi connectivity index (χ3v) is 4.16. The Hall–Kier alpha value is -2.30. The second-order valence-corrected chi connectivity index (χ2v) is 5.58. The molecule has 2 heterocycles. The number of aromatic amines is 1. The first-order valence-electron chi connectivity index (χ1n) is 7.22. The highest BCUT2D eigenvalue weighted by Gasteiger charge is 2.27. The molecule has 2 N–H and O–H groups in total. The van der Waals surface area contributed by atoms with Crippen molar-refractivity contribution in [2.24, 2.45) is 5.92 Å². The topological polar surface area (TPSA) is 73.4 Å². The van der Waals surface area contributed by atoms with Crippen LogP contribution in [0.1, 0.15) is 29.6 Å². The Labute approximate surface area is 122 Å². The minimum Gasteiger partial charge on any atom is -0.481 e. The Bertz CT molecular complexity index is 677. The van der Waals surface area contributed by atoms with Gasteiger partial charge in [-0.3, -0.25) is 9.59 Å². The standard InChI is InChI=1S/C16H18N2O3/c19-15(20)5-4-11-7-9-18(10-11)16(21)13-2-1-3-14-12(13)6-8-17-14/h1-3,6,8,11,17H,4-5,7,9-10H2,(H,19,20). The number of hydrogen-bond donors (Lipinski definition) is 2. The predicted octanol–water partition coefficient (Wildman–Crippen LogP) is 2.49. The number of fused-ring (bicyclic) bond motifs is 1. The van der Waals surface area contributed by atoms with E-state index >= 15 is 0 Å². The van der Waals surface area contributed by atoms with E-state index in [1.54, 1.807) is 0 Å². The first kappa shape index (κ1) is 13.7. The van der Waals surface area contributed by atoms with E-state index in [4.69, 9.17) is 5.11 Å². The number of H-pyrrole nitrogens is 1. The lowest BCUT2D eigenvalue weighted by Gasteiger charge is -2.17. The summed E-state index contributed by atoms with van der Waals surface area (Å²) in [5.74, 6) is -0.426. The van der Waals surface area contributed by atoms with Crippen molar-refractivity contribution in [3.8, 4) is 0 Å². The van der Waals surface area contributed by atoms with Crippen LogP contribution in [0.25, 0.3) is 10.9 Å². The Morgan fingerprint density at radius 2 is 2.19 bits per heavy atom. The number of amides is 1. The fraction of sp³-hybridized carbons (Fsp3) is 0.375. The molecule has 0 aliphatic carbocycles. The molecule has 1 amide bonds. The van der Waals surface area contributed by atoms with Crippen LogP contribution in [-0.2, 0) is 4.79 Å². The number of rotatable bonds is 4. The molecule has 1 saturated heterocycles. The summed E-state index contributed by atoms with van der Waals surface area (Å²) in [4.78, 5) is 28.2. The molecule has 5 heteroatoms. The molecule has 21 heavy (non-hydrogen) atoms. The molecule has 1 fully saturated rings. The van der Waals surface area contributed by atoms with E-state index in [2.05, 4.69) is 4.98 Å². The van der Waals surface area contributed by atoms with E-state index in [-0.39, 0.29) is 12.3 Å². The van der Waals surface area contributed by atoms with Crippen LogP contribution in [0.3, 0.4) is 0 Å². The molecule has 5 nitrogen and oxygen atoms in total. The summed E-state index contributed by atoms with van der Waals surface area (Å²) in [6.07, 6.45) is 3.55. The number of carbonyl (C=O) groups is 2. The van der Waals surface area contributed by atoms with Gasteiger partial charge in [0.05, 0.1) is 0 Å². The predicted molar refractivity (Wildman–Crippen MR) is 79.2 cm³/mol. The Kier molecular flexibility index (Phi) is 3.64. The number of carbonyl (C=O) groups excluding carboxylic acids is 1. The number of nitrogens with zero attached hydrogens (tertiary/aromatic N) is 1. The zero-order valence-corrected chi connectivity index (χ0v) is 11.7. The lowest BCUT2D eigenvalue weighted by atomic mass is 10.0. The number of benzene rings is 1. The van der Waals surface area contributed by atoms with Crippen molar-refractivity contribution in [3.05, 3.63) is 36.0 Å². The van der Waals surface area contributed by atoms with Gasteiger partial charge >= 0.3 is 5.97 Å². The van der Waals surface area contributed by atoms with E-state index in [1.165, 1.54) is 0 Å². The summed E-state index contributed by atoms with van der Waals surface area (Å²) in [5.41, 5.74) is 1.68. The third kappa shape index (κ3) is 2.77. The van der Waals surface area contributed by atoms with Gasteiger partial charge in [-0.1, -0.05) is 6.07 Å². The Balaban J connectivity index is 1.72. The molecule has 1 aromatic carbocycles. The lowest BCUT2D eigenvalue weighted by molar-refractivity contribution is -0.137. The van der Waals surface area contributed by atoms with Crippen LogP contribution in [0, 0.1) is 5.92 Å². The van der Waals surface area contributed by atoms with E-state index in [9.17, 15) is 9.59 Å². The summed E-state index contributed by atoms with van der Waals surface area (Å²) in [5, 5.41) is 9.68. The van der Waals surface area contributed by atoms with Crippen molar-refractivity contribution in [2.75, 3.05) is 13.1 Å². The van der Waals surface area contributed by atoms with Crippen LogP contribution in [-0.4, -0.2) is 40.0 Å². The van der Waals surface area contributed by atoms with Crippen LogP contribution in [0.4, 0.5) is 0 Å². The number of aliphatic carboxylic acids is 1. The van der Waals surface area contributed by atoms with Crippen molar-refractivity contribution in [3.63, 3.8) is 0 Å². The maximum Gasteiger partial charge on any atom is 0.303 e. The molecule has 0 saturated carbocycles. The minimum absolute atomic E-state index is 0.0398. The second-order valence-electron chi connectivity index (χ2n) is 5.58. The minimum atomic E-state index is -0.767. The largest absolute Gasteiger partial charge is 0.481 e. The highest BCUT2D eigenvalue weighted by Crippen LogP contribution is 2.25. The van der Waals surface area contributed by atoms with E-state index in [0.717, 1.165) is 17.3 Å². The molecule has 1 aromatic heterocycles. The molecule has 110 valence electrons. The summed E-state index contributed by atoms with van der Waals surface area (Å²) in [6, 6.07) is 7.60. The van der Waals surface area contributed by atoms with Gasteiger partial charge in [-0.2, -0.15) is 0 Å². The van der Waals surface area contributed by atoms with Crippen LogP contribution in [0.5, 0.6) is 0 Å². The van der Waals surface area contributed by atoms with Crippen molar-refractivity contribution in [1.82, 2.24) is 9.88 Å². The monoisotopic (exact) mass is 286 g/mol. The van der Waals surface area contributed by atoms with Crippen LogP contribution in [0.15, 0.2) is 30.5 Å². The van der Waals surface area contributed by atoms with Crippen molar-refractivity contribution in [2.45, 2.75) is 19.3 Å². The van der Waals surface area contributed by atoms with Crippen LogP contribution >= 0.6 is 0 Å². The Morgan fingerprint density at radius 1 is 1.33 bits per heavy atom. The van der Waals surface area contributed by atoms with Crippen LogP contribution in [0.2, 0.25) is 0 Å². The Morgan fingerprint density at radius 3 is 3.00 bits per heavy atom. The average molecular weight is 286 g/mol. The van der Waals surface area contributed by atoms with Gasteiger partial charge in [-0.25, -0.2) is 0 Å². The molecule has 0 bridgehead atoms. The van der Waals surface area contributed by atoms with Gasteiger partial charge in [0, 0.05) is 42.2 Å². The lowest BCUT2D eigenvalue weighted by Crippen LogP contribution is -2.28. The molecule has 2 aromatic rings. The number of carboxylic acid groups (broad SMARTS) is 1. The molecule has 3 rings (SSSR count). The maximum atomic E-state index is 12.6. The van der Waals surface area contributed by atoms with E-state index in [0.29, 0.717) is 31.0 Å². The molecule has 1 atom stereocenters. The van der Waals surface area contributed by atoms with Crippen molar-refractivity contribution < 1.29 is 14.7 Å². The maximum absolute atomic E-state index is 12.6. The summed E-state index contributed by atoms with van der Waals surface area (Å²) < 4.78 is 0. The van der Waals surface area contributed by atoms with Gasteiger partial charge < -0.3 is 15.0 Å². The zero-order valence-electron chi connectivity index (χ0n) is 11.7. The number of hydrogen-bond acceptors (Lipinski definition) is 2. The van der Waals surface area contributed by atoms with Gasteiger partial charge in [0.25, 0.3) is 5.91 Å². The normalized spacial score (nSPS) is 18.3. The fourth-order valence-electron chi connectivity index (χ4n) is 3.02. The van der Waals surface area contributed by atoms with Gasteiger partial charge in [-0.05, 0) is 37.0 Å². The molecular formula is C16H18N2O3. The number of aromatic nitrogens is 1. The summed E-state index contributed by atoms with van der Waals surface area (Å²) >= 11 is 0. The van der Waals surface area contributed by atoms with Crippen molar-refractivity contribution in [1.29, 1.82) is 0 Å². The van der Waals surface area contributed by atoms with E-state index in [1.807, 2.05) is 35.4 Å². The average Bonchev–Trinajstić information content (AvgIpc) is 3.12. The highest BCUT2D eigenvalue weighted by molar-refractivity contribution is 6.06. The summed E-state index contributed by atoms with van der Waals surface area (Å²) in [7, 11) is 0. The highest BCUT2D eigenvalue weighted by atomic mass is 16.4. The quantitative estimate of drug-likeness (QED) is 0.907. The van der Waals surface area contributed by atoms with Gasteiger partial charge in [0.15, 0.2) is 0 Å². The number of carboxylic acids is 1. The van der Waals surface area contributed by atoms with Gasteiger partial charge in [0.2, 0.25) is 0 Å². The van der Waals surface area contributed by atoms with Crippen molar-refractivity contribution >= 4 is 22.8 Å². The molecule has 0 spiro atoms. The number of likely N-dealkylation sites (tertiary alicyclic amines) is 1. The SMILES string of the molecule is O=C(O)CCC1CCN(C(=O)c2cccc3[nH]ccc23)C1. The molecule has 1 aliphatic heterocycles. The molecule has 0 radical (unpaired) electrons. The van der Waals surface area contributed by atoms with Gasteiger partial charge in [0.1, 0.15) is 0 Å². The van der Waals surface area contributed by atoms with Gasteiger partial charge in [-0.15, -0.1) is 0 Å². The first-order valence-corrected chi connectivity index (χ1v) is 7.22. The summed E-state index contributed by atoms with van der Waals surface area (Å²) in [6.45, 7) is 1.37.